The molecule has 1 aliphatic heterocycles. The first kappa shape index (κ1) is 13.4. The number of carbonyl (C=O) groups excluding carboxylic acids is 2. The molecule has 1 atom stereocenters. The molecule has 0 bridgehead atoms. The van der Waals surface area contributed by atoms with Gasteiger partial charge in [0.05, 0.1) is 0 Å². The van der Waals surface area contributed by atoms with Crippen LogP contribution >= 0.6 is 0 Å². The summed E-state index contributed by atoms with van der Waals surface area (Å²) < 4.78 is 5.37. The predicted octanol–water partition coefficient (Wildman–Crippen LogP) is 2.61. The second-order valence-electron chi connectivity index (χ2n) is 6.44. The molecule has 0 spiro atoms. The molecule has 1 heterocycles. The van der Waals surface area contributed by atoms with Gasteiger partial charge in [0, 0.05) is 25.4 Å². The molecular formula is C14H23NO3. The fraction of sp³-hybridized carbons (Fsp3) is 0.857. The number of likely N-dealkylation sites (tertiary alicyclic amines) is 1. The van der Waals surface area contributed by atoms with Gasteiger partial charge in [-0.3, -0.25) is 4.79 Å². The van der Waals surface area contributed by atoms with E-state index in [1.54, 1.807) is 4.90 Å². The molecule has 0 aromatic rings. The van der Waals surface area contributed by atoms with Crippen LogP contribution in [-0.2, 0) is 9.53 Å². The predicted molar refractivity (Wildman–Crippen MR) is 68.3 cm³/mol. The van der Waals surface area contributed by atoms with Crippen LogP contribution in [0.3, 0.4) is 0 Å². The summed E-state index contributed by atoms with van der Waals surface area (Å²) in [5, 5.41) is 0. The van der Waals surface area contributed by atoms with Crippen molar-refractivity contribution in [3.05, 3.63) is 0 Å². The van der Waals surface area contributed by atoms with Crippen LogP contribution in [-0.4, -0.2) is 35.5 Å². The van der Waals surface area contributed by atoms with Crippen molar-refractivity contribution < 1.29 is 14.3 Å². The Morgan fingerprint density at radius 1 is 1.33 bits per heavy atom. The minimum Gasteiger partial charge on any atom is -0.444 e. The van der Waals surface area contributed by atoms with Crippen LogP contribution in [0.15, 0.2) is 0 Å². The summed E-state index contributed by atoms with van der Waals surface area (Å²) in [5.41, 5.74) is -0.468. The van der Waals surface area contributed by atoms with E-state index in [1.807, 2.05) is 20.8 Å². The van der Waals surface area contributed by atoms with Gasteiger partial charge in [-0.05, 0) is 39.5 Å². The largest absolute Gasteiger partial charge is 0.444 e. The molecule has 4 nitrogen and oxygen atoms in total. The third-order valence-corrected chi connectivity index (χ3v) is 3.83. The number of hydrogen-bond donors (Lipinski definition) is 0. The molecule has 1 saturated heterocycles. The normalized spacial score (nSPS) is 25.8. The second-order valence-corrected chi connectivity index (χ2v) is 6.44. The molecule has 0 N–H and O–H groups in total. The first-order valence-corrected chi connectivity index (χ1v) is 6.87. The lowest BCUT2D eigenvalue weighted by Crippen LogP contribution is -2.49. The summed E-state index contributed by atoms with van der Waals surface area (Å²) in [4.78, 5) is 25.6. The van der Waals surface area contributed by atoms with Crippen molar-refractivity contribution in [3.8, 4) is 0 Å². The highest BCUT2D eigenvalue weighted by Crippen LogP contribution is 2.36. The van der Waals surface area contributed by atoms with Gasteiger partial charge in [0.25, 0.3) is 0 Å². The first-order chi connectivity index (χ1) is 8.37. The van der Waals surface area contributed by atoms with Gasteiger partial charge < -0.3 is 9.64 Å². The molecule has 0 aromatic carbocycles. The van der Waals surface area contributed by atoms with Crippen LogP contribution < -0.4 is 0 Å². The zero-order valence-electron chi connectivity index (χ0n) is 11.6. The number of amides is 1. The van der Waals surface area contributed by atoms with E-state index in [-0.39, 0.29) is 12.0 Å². The minimum absolute atomic E-state index is 0.0556. The van der Waals surface area contributed by atoms with E-state index in [0.717, 1.165) is 12.8 Å². The molecule has 102 valence electrons. The molecule has 18 heavy (non-hydrogen) atoms. The lowest BCUT2D eigenvalue weighted by Gasteiger charge is -2.39. The van der Waals surface area contributed by atoms with Gasteiger partial charge in [-0.2, -0.15) is 0 Å². The number of piperidine rings is 1. The summed E-state index contributed by atoms with van der Waals surface area (Å²) in [6.45, 7) is 6.66. The van der Waals surface area contributed by atoms with E-state index in [4.69, 9.17) is 4.74 Å². The number of carbonyl (C=O) groups is 2. The molecule has 0 radical (unpaired) electrons. The Labute approximate surface area is 109 Å². The van der Waals surface area contributed by atoms with E-state index in [1.165, 1.54) is 6.42 Å². The Hall–Kier alpha value is -1.06. The Kier molecular flexibility index (Phi) is 3.64. The molecule has 2 fully saturated rings. The second kappa shape index (κ2) is 4.90. The number of Topliss-reactive ketones (excluding diaryl/α,β-unsaturated/α-hetero) is 1. The Morgan fingerprint density at radius 2 is 2.00 bits per heavy atom. The topological polar surface area (TPSA) is 46.6 Å². The number of ether oxygens (including phenoxy) is 1. The summed E-state index contributed by atoms with van der Waals surface area (Å²) in [5.74, 6) is 0.891. The summed E-state index contributed by atoms with van der Waals surface area (Å²) >= 11 is 0. The van der Waals surface area contributed by atoms with Crippen molar-refractivity contribution in [2.75, 3.05) is 13.1 Å². The highest BCUT2D eigenvalue weighted by Gasteiger charge is 2.38. The monoisotopic (exact) mass is 253 g/mol. The maximum atomic E-state index is 12.0. The fourth-order valence-corrected chi connectivity index (χ4v) is 2.61. The third-order valence-electron chi connectivity index (χ3n) is 3.83. The van der Waals surface area contributed by atoms with Crippen molar-refractivity contribution in [2.45, 2.75) is 52.1 Å². The van der Waals surface area contributed by atoms with E-state index in [0.29, 0.717) is 31.2 Å². The number of ketones is 1. The zero-order chi connectivity index (χ0) is 13.3. The average Bonchev–Trinajstić information content (AvgIpc) is 2.15. The summed E-state index contributed by atoms with van der Waals surface area (Å²) in [6, 6.07) is 0. The summed E-state index contributed by atoms with van der Waals surface area (Å²) in [6.07, 6.45) is 3.71. The molecule has 2 aliphatic rings. The van der Waals surface area contributed by atoms with Crippen molar-refractivity contribution in [2.24, 2.45) is 11.8 Å². The van der Waals surface area contributed by atoms with Gasteiger partial charge in [0.15, 0.2) is 0 Å². The molecule has 1 unspecified atom stereocenters. The van der Waals surface area contributed by atoms with Crippen LogP contribution in [0.2, 0.25) is 0 Å². The summed E-state index contributed by atoms with van der Waals surface area (Å²) in [7, 11) is 0. The minimum atomic E-state index is -0.468. The van der Waals surface area contributed by atoms with E-state index in [9.17, 15) is 9.59 Å². The van der Waals surface area contributed by atoms with Crippen molar-refractivity contribution in [1.82, 2.24) is 4.90 Å². The number of rotatable bonds is 1. The Bertz CT molecular complexity index is 341. The first-order valence-electron chi connectivity index (χ1n) is 6.87. The smallest absolute Gasteiger partial charge is 0.410 e. The standard InChI is InChI=1S/C14H23NO3/c1-14(2,3)18-13(17)15-8-7-12(16)11(9-15)10-5-4-6-10/h10-11H,4-9H2,1-3H3. The van der Waals surface area contributed by atoms with Gasteiger partial charge in [-0.25, -0.2) is 4.79 Å². The van der Waals surface area contributed by atoms with Crippen LogP contribution in [0.1, 0.15) is 46.5 Å². The van der Waals surface area contributed by atoms with Crippen LogP contribution in [0.5, 0.6) is 0 Å². The molecule has 4 heteroatoms. The molecule has 1 aliphatic carbocycles. The van der Waals surface area contributed by atoms with E-state index < -0.39 is 5.60 Å². The quantitative estimate of drug-likeness (QED) is 0.721. The maximum absolute atomic E-state index is 12.0. The molecule has 0 aromatic heterocycles. The molecule has 2 rings (SSSR count). The van der Waals surface area contributed by atoms with Crippen LogP contribution in [0.25, 0.3) is 0 Å². The van der Waals surface area contributed by atoms with Gasteiger partial charge in [0.1, 0.15) is 11.4 Å². The fourth-order valence-electron chi connectivity index (χ4n) is 2.61. The van der Waals surface area contributed by atoms with E-state index in [2.05, 4.69) is 0 Å². The highest BCUT2D eigenvalue weighted by atomic mass is 16.6. The van der Waals surface area contributed by atoms with Crippen molar-refractivity contribution >= 4 is 11.9 Å². The third kappa shape index (κ3) is 3.03. The van der Waals surface area contributed by atoms with E-state index >= 15 is 0 Å². The lowest BCUT2D eigenvalue weighted by molar-refractivity contribution is -0.129. The maximum Gasteiger partial charge on any atom is 0.410 e. The average molecular weight is 253 g/mol. The molecule has 1 saturated carbocycles. The van der Waals surface area contributed by atoms with Gasteiger partial charge in [0.2, 0.25) is 0 Å². The highest BCUT2D eigenvalue weighted by molar-refractivity contribution is 5.84. The Balaban J connectivity index is 1.94. The van der Waals surface area contributed by atoms with Gasteiger partial charge in [-0.1, -0.05) is 6.42 Å². The lowest BCUT2D eigenvalue weighted by atomic mass is 9.72. The van der Waals surface area contributed by atoms with Crippen LogP contribution in [0.4, 0.5) is 4.79 Å². The number of nitrogens with zero attached hydrogens (tertiary/aromatic N) is 1. The van der Waals surface area contributed by atoms with Crippen molar-refractivity contribution in [3.63, 3.8) is 0 Å². The molecule has 1 amide bonds. The Morgan fingerprint density at radius 3 is 2.50 bits per heavy atom. The van der Waals surface area contributed by atoms with Gasteiger partial charge >= 0.3 is 6.09 Å². The van der Waals surface area contributed by atoms with Crippen molar-refractivity contribution in [1.29, 1.82) is 0 Å². The zero-order valence-corrected chi connectivity index (χ0v) is 11.6. The van der Waals surface area contributed by atoms with Crippen LogP contribution in [0, 0.1) is 11.8 Å². The van der Waals surface area contributed by atoms with Gasteiger partial charge in [-0.15, -0.1) is 0 Å². The number of hydrogen-bond acceptors (Lipinski definition) is 3. The SMILES string of the molecule is CC(C)(C)OC(=O)N1CCC(=O)C(C2CCC2)C1. The molecular weight excluding hydrogens is 230 g/mol.